The van der Waals surface area contributed by atoms with Crippen LogP contribution in [0.15, 0.2) is 0 Å². The number of carbonyl (C=O) groups excluding carboxylic acids is 1. The minimum absolute atomic E-state index is 0.188. The Kier molecular flexibility index (Phi) is 4.94. The maximum atomic E-state index is 11.5. The van der Waals surface area contributed by atoms with Crippen LogP contribution in [0.3, 0.4) is 0 Å². The Hall–Kier alpha value is -0.570. The summed E-state index contributed by atoms with van der Waals surface area (Å²) in [5.74, 6) is 0.841. The van der Waals surface area contributed by atoms with E-state index in [1.165, 1.54) is 19.3 Å². The summed E-state index contributed by atoms with van der Waals surface area (Å²) in [6.07, 6.45) is 6.54. The molecule has 0 bridgehead atoms. The van der Waals surface area contributed by atoms with Gasteiger partial charge in [-0.25, -0.2) is 0 Å². The van der Waals surface area contributed by atoms with Crippen molar-refractivity contribution in [2.45, 2.75) is 51.5 Å². The number of hydrogen-bond donors (Lipinski definition) is 2. The second-order valence-electron chi connectivity index (χ2n) is 4.29. The van der Waals surface area contributed by atoms with E-state index >= 15 is 0 Å². The van der Waals surface area contributed by atoms with Gasteiger partial charge in [0, 0.05) is 19.0 Å². The fourth-order valence-corrected chi connectivity index (χ4v) is 1.84. The van der Waals surface area contributed by atoms with E-state index in [0.717, 1.165) is 12.8 Å². The second kappa shape index (κ2) is 6.02. The molecule has 1 rings (SSSR count). The summed E-state index contributed by atoms with van der Waals surface area (Å²) in [4.78, 5) is 11.5. The highest BCUT2D eigenvalue weighted by molar-refractivity contribution is 5.76. The summed E-state index contributed by atoms with van der Waals surface area (Å²) < 4.78 is 0. The lowest BCUT2D eigenvalue weighted by atomic mass is 9.83. The molecule has 3 nitrogen and oxygen atoms in total. The van der Waals surface area contributed by atoms with Gasteiger partial charge in [-0.05, 0) is 25.2 Å². The molecule has 3 heteroatoms. The average Bonchev–Trinajstić information content (AvgIpc) is 2.11. The molecule has 0 saturated heterocycles. The van der Waals surface area contributed by atoms with Crippen LogP contribution in [0.5, 0.6) is 0 Å². The minimum Gasteiger partial charge on any atom is -0.352 e. The SMILES string of the molecule is CCCC(CN)NC(=O)CC1CCC1. The minimum atomic E-state index is 0.188. The van der Waals surface area contributed by atoms with Gasteiger partial charge in [-0.3, -0.25) is 4.79 Å². The molecule has 0 spiro atoms. The summed E-state index contributed by atoms with van der Waals surface area (Å²) in [6.45, 7) is 2.67. The van der Waals surface area contributed by atoms with E-state index in [1.807, 2.05) is 0 Å². The third kappa shape index (κ3) is 3.66. The van der Waals surface area contributed by atoms with Gasteiger partial charge in [-0.2, -0.15) is 0 Å². The van der Waals surface area contributed by atoms with E-state index < -0.39 is 0 Å². The largest absolute Gasteiger partial charge is 0.352 e. The van der Waals surface area contributed by atoms with Gasteiger partial charge in [0.05, 0.1) is 0 Å². The molecule has 1 amide bonds. The Morgan fingerprint density at radius 1 is 1.57 bits per heavy atom. The molecule has 14 heavy (non-hydrogen) atoms. The van der Waals surface area contributed by atoms with Crippen LogP contribution < -0.4 is 11.1 Å². The number of hydrogen-bond acceptors (Lipinski definition) is 2. The molecule has 1 unspecified atom stereocenters. The van der Waals surface area contributed by atoms with Gasteiger partial charge in [0.15, 0.2) is 0 Å². The third-order valence-corrected chi connectivity index (χ3v) is 2.99. The van der Waals surface area contributed by atoms with Gasteiger partial charge in [0.25, 0.3) is 0 Å². The first-order valence-corrected chi connectivity index (χ1v) is 5.75. The number of nitrogens with two attached hydrogens (primary N) is 1. The lowest BCUT2D eigenvalue weighted by molar-refractivity contribution is -0.123. The molecule has 3 N–H and O–H groups in total. The van der Waals surface area contributed by atoms with Crippen molar-refractivity contribution < 1.29 is 4.79 Å². The average molecular weight is 198 g/mol. The molecule has 1 atom stereocenters. The van der Waals surface area contributed by atoms with Crippen molar-refractivity contribution in [3.63, 3.8) is 0 Å². The molecular formula is C11H22N2O. The molecule has 1 aliphatic rings. The van der Waals surface area contributed by atoms with E-state index in [4.69, 9.17) is 5.73 Å². The van der Waals surface area contributed by atoms with Crippen molar-refractivity contribution in [2.75, 3.05) is 6.54 Å². The van der Waals surface area contributed by atoms with Gasteiger partial charge < -0.3 is 11.1 Å². The van der Waals surface area contributed by atoms with Crippen molar-refractivity contribution in [2.24, 2.45) is 11.7 Å². The van der Waals surface area contributed by atoms with E-state index in [9.17, 15) is 4.79 Å². The molecule has 1 aliphatic carbocycles. The third-order valence-electron chi connectivity index (χ3n) is 2.99. The standard InChI is InChI=1S/C11H22N2O/c1-2-4-10(8-12)13-11(14)7-9-5-3-6-9/h9-10H,2-8,12H2,1H3,(H,13,14). The summed E-state index contributed by atoms with van der Waals surface area (Å²) in [7, 11) is 0. The van der Waals surface area contributed by atoms with Crippen molar-refractivity contribution in [3.05, 3.63) is 0 Å². The van der Waals surface area contributed by atoms with Crippen LogP contribution in [-0.2, 0) is 4.79 Å². The number of nitrogens with one attached hydrogen (secondary N) is 1. The van der Waals surface area contributed by atoms with Crippen LogP contribution in [0.1, 0.15) is 45.4 Å². The van der Waals surface area contributed by atoms with Gasteiger partial charge in [0.2, 0.25) is 5.91 Å². The first kappa shape index (κ1) is 11.5. The lowest BCUT2D eigenvalue weighted by Crippen LogP contribution is -2.41. The fraction of sp³-hybridized carbons (Fsp3) is 0.909. The van der Waals surface area contributed by atoms with Crippen molar-refractivity contribution in [1.82, 2.24) is 5.32 Å². The monoisotopic (exact) mass is 198 g/mol. The molecule has 82 valence electrons. The predicted octanol–water partition coefficient (Wildman–Crippen LogP) is 1.42. The molecular weight excluding hydrogens is 176 g/mol. The van der Waals surface area contributed by atoms with Gasteiger partial charge in [0.1, 0.15) is 0 Å². The molecule has 1 saturated carbocycles. The van der Waals surface area contributed by atoms with Crippen molar-refractivity contribution >= 4 is 5.91 Å². The first-order chi connectivity index (χ1) is 6.76. The molecule has 1 fully saturated rings. The zero-order chi connectivity index (χ0) is 10.4. The number of rotatable bonds is 6. The quantitative estimate of drug-likeness (QED) is 0.678. The highest BCUT2D eigenvalue weighted by Gasteiger charge is 2.21. The summed E-state index contributed by atoms with van der Waals surface area (Å²) in [6, 6.07) is 0.188. The van der Waals surface area contributed by atoms with E-state index in [1.54, 1.807) is 0 Å². The van der Waals surface area contributed by atoms with E-state index in [0.29, 0.717) is 18.9 Å². The Balaban J connectivity index is 2.15. The van der Waals surface area contributed by atoms with Crippen molar-refractivity contribution in [1.29, 1.82) is 0 Å². The molecule has 0 aliphatic heterocycles. The smallest absolute Gasteiger partial charge is 0.220 e. The number of amides is 1. The van der Waals surface area contributed by atoms with Gasteiger partial charge >= 0.3 is 0 Å². The summed E-state index contributed by atoms with van der Waals surface area (Å²) >= 11 is 0. The zero-order valence-electron chi connectivity index (χ0n) is 9.09. The Morgan fingerprint density at radius 3 is 2.71 bits per heavy atom. The molecule has 0 aromatic rings. The second-order valence-corrected chi connectivity index (χ2v) is 4.29. The van der Waals surface area contributed by atoms with Gasteiger partial charge in [-0.15, -0.1) is 0 Å². The maximum Gasteiger partial charge on any atom is 0.220 e. The zero-order valence-corrected chi connectivity index (χ0v) is 9.09. The Labute approximate surface area is 86.4 Å². The normalized spacial score (nSPS) is 18.7. The predicted molar refractivity (Wildman–Crippen MR) is 57.9 cm³/mol. The lowest BCUT2D eigenvalue weighted by Gasteiger charge is -2.25. The van der Waals surface area contributed by atoms with Crippen LogP contribution in [0.4, 0.5) is 0 Å². The van der Waals surface area contributed by atoms with E-state index in [2.05, 4.69) is 12.2 Å². The van der Waals surface area contributed by atoms with Crippen LogP contribution in [-0.4, -0.2) is 18.5 Å². The van der Waals surface area contributed by atoms with Crippen molar-refractivity contribution in [3.8, 4) is 0 Å². The topological polar surface area (TPSA) is 55.1 Å². The van der Waals surface area contributed by atoms with Crippen LogP contribution in [0, 0.1) is 5.92 Å². The van der Waals surface area contributed by atoms with Gasteiger partial charge in [-0.1, -0.05) is 19.8 Å². The van der Waals surface area contributed by atoms with E-state index in [-0.39, 0.29) is 11.9 Å². The van der Waals surface area contributed by atoms with Crippen LogP contribution >= 0.6 is 0 Å². The first-order valence-electron chi connectivity index (χ1n) is 5.75. The molecule has 0 radical (unpaired) electrons. The summed E-state index contributed by atoms with van der Waals surface area (Å²) in [5, 5.41) is 3.00. The summed E-state index contributed by atoms with van der Waals surface area (Å²) in [5.41, 5.74) is 5.57. The highest BCUT2D eigenvalue weighted by Crippen LogP contribution is 2.29. The fourth-order valence-electron chi connectivity index (χ4n) is 1.84. The number of carbonyl (C=O) groups is 1. The highest BCUT2D eigenvalue weighted by atomic mass is 16.1. The molecule has 0 aromatic carbocycles. The Morgan fingerprint density at radius 2 is 2.29 bits per heavy atom. The maximum absolute atomic E-state index is 11.5. The van der Waals surface area contributed by atoms with Crippen LogP contribution in [0.25, 0.3) is 0 Å². The molecule has 0 aromatic heterocycles. The van der Waals surface area contributed by atoms with Crippen LogP contribution in [0.2, 0.25) is 0 Å². The molecule has 0 heterocycles. The Bertz CT molecular complexity index is 178.